The van der Waals surface area contributed by atoms with Crippen molar-refractivity contribution in [2.45, 2.75) is 51.2 Å². The van der Waals surface area contributed by atoms with Gasteiger partial charge < -0.3 is 4.74 Å². The van der Waals surface area contributed by atoms with Crippen molar-refractivity contribution >= 4 is 11.8 Å². The molecule has 3 atom stereocenters. The normalized spacial score (nSPS) is 41.0. The van der Waals surface area contributed by atoms with Crippen LogP contribution in [-0.4, -0.2) is 35.5 Å². The molecule has 3 heterocycles. The van der Waals surface area contributed by atoms with Crippen LogP contribution >= 0.6 is 0 Å². The maximum atomic E-state index is 12.3. The summed E-state index contributed by atoms with van der Waals surface area (Å²) in [5, 5.41) is 0. The van der Waals surface area contributed by atoms with Crippen LogP contribution in [0, 0.1) is 11.8 Å². The molecule has 4 heteroatoms. The molecule has 3 aliphatic heterocycles. The lowest BCUT2D eigenvalue weighted by atomic mass is 9.73. The molecule has 4 aliphatic rings. The Kier molecular flexibility index (Phi) is 2.62. The molecule has 0 aromatic heterocycles. The number of rotatable bonds is 0. The highest BCUT2D eigenvalue weighted by Crippen LogP contribution is 2.52. The highest BCUT2D eigenvalue weighted by molar-refractivity contribution is 5.95. The second-order valence-corrected chi connectivity index (χ2v) is 6.76. The van der Waals surface area contributed by atoms with E-state index in [9.17, 15) is 9.59 Å². The summed E-state index contributed by atoms with van der Waals surface area (Å²) in [5.41, 5.74) is 1.56. The number of fused-ring (bicyclic) bond motifs is 1. The number of carbonyl (C=O) groups excluding carboxylic acids is 2. The van der Waals surface area contributed by atoms with Crippen LogP contribution in [0.1, 0.15) is 45.4 Å². The molecule has 4 nitrogen and oxygen atoms in total. The molecule has 0 unspecified atom stereocenters. The number of carbonyl (C=O) groups is 2. The molecule has 2 bridgehead atoms. The molecular weight excluding hydrogens is 254 g/mol. The predicted octanol–water partition coefficient (Wildman–Crippen LogP) is 2.04. The monoisotopic (exact) mass is 275 g/mol. The van der Waals surface area contributed by atoms with Gasteiger partial charge in [-0.3, -0.25) is 9.69 Å². The fraction of sp³-hybridized carbons (Fsp3) is 0.750. The van der Waals surface area contributed by atoms with Crippen LogP contribution in [0.15, 0.2) is 11.1 Å². The zero-order valence-corrected chi connectivity index (χ0v) is 12.0. The predicted molar refractivity (Wildman–Crippen MR) is 72.8 cm³/mol. The van der Waals surface area contributed by atoms with E-state index >= 15 is 0 Å². The molecule has 0 saturated carbocycles. The van der Waals surface area contributed by atoms with Crippen molar-refractivity contribution in [3.63, 3.8) is 0 Å². The van der Waals surface area contributed by atoms with Gasteiger partial charge in [0.2, 0.25) is 0 Å². The average molecular weight is 275 g/mol. The lowest BCUT2D eigenvalue weighted by molar-refractivity contribution is -0.159. The van der Waals surface area contributed by atoms with Crippen LogP contribution in [-0.2, 0) is 14.3 Å². The Morgan fingerprint density at radius 1 is 1.25 bits per heavy atom. The van der Waals surface area contributed by atoms with Crippen LogP contribution in [0.5, 0.6) is 0 Å². The first-order valence-electron chi connectivity index (χ1n) is 7.86. The van der Waals surface area contributed by atoms with Crippen molar-refractivity contribution in [1.29, 1.82) is 0 Å². The summed E-state index contributed by atoms with van der Waals surface area (Å²) in [5.74, 6) is 0.542. The van der Waals surface area contributed by atoms with Crippen molar-refractivity contribution in [3.8, 4) is 0 Å². The van der Waals surface area contributed by atoms with E-state index in [1.165, 1.54) is 0 Å². The zero-order valence-electron chi connectivity index (χ0n) is 12.0. The molecule has 0 amide bonds. The Morgan fingerprint density at radius 3 is 2.90 bits per heavy atom. The summed E-state index contributed by atoms with van der Waals surface area (Å²) in [6.45, 7) is 3.93. The Morgan fingerprint density at radius 2 is 2.05 bits per heavy atom. The van der Waals surface area contributed by atoms with Gasteiger partial charge >= 0.3 is 5.97 Å². The summed E-state index contributed by atoms with van der Waals surface area (Å²) in [6.07, 6.45) is 5.14. The minimum absolute atomic E-state index is 0.107. The first-order chi connectivity index (χ1) is 9.62. The van der Waals surface area contributed by atoms with Gasteiger partial charge in [-0.15, -0.1) is 0 Å². The van der Waals surface area contributed by atoms with Crippen molar-refractivity contribution in [1.82, 2.24) is 4.90 Å². The van der Waals surface area contributed by atoms with Crippen LogP contribution in [0.4, 0.5) is 0 Å². The van der Waals surface area contributed by atoms with Gasteiger partial charge in [-0.05, 0) is 37.2 Å². The van der Waals surface area contributed by atoms with Crippen LogP contribution in [0.3, 0.4) is 0 Å². The molecular formula is C16H21NO3. The summed E-state index contributed by atoms with van der Waals surface area (Å²) in [7, 11) is 0. The van der Waals surface area contributed by atoms with E-state index in [0.29, 0.717) is 12.2 Å². The SMILES string of the molecule is C[C@@H]1C[C@@H]2CC3=C1C(=O)O[C@]31CCCN1CCCC2=O. The van der Waals surface area contributed by atoms with Gasteiger partial charge in [-0.2, -0.15) is 0 Å². The van der Waals surface area contributed by atoms with E-state index in [1.807, 2.05) is 0 Å². The highest BCUT2D eigenvalue weighted by Gasteiger charge is 2.56. The van der Waals surface area contributed by atoms with Crippen molar-refractivity contribution < 1.29 is 14.3 Å². The number of ketones is 1. The number of hydrogen-bond donors (Lipinski definition) is 0. The van der Waals surface area contributed by atoms with Crippen molar-refractivity contribution in [2.24, 2.45) is 11.8 Å². The van der Waals surface area contributed by atoms with Crippen molar-refractivity contribution in [3.05, 3.63) is 11.1 Å². The summed E-state index contributed by atoms with van der Waals surface area (Å²) in [4.78, 5) is 27.0. The third-order valence-electron chi connectivity index (χ3n) is 5.62. The molecule has 4 rings (SSSR count). The van der Waals surface area contributed by atoms with Crippen LogP contribution in [0.25, 0.3) is 0 Å². The van der Waals surface area contributed by atoms with Gasteiger partial charge in [0.25, 0.3) is 0 Å². The zero-order chi connectivity index (χ0) is 13.9. The number of hydrogen-bond acceptors (Lipinski definition) is 4. The van der Waals surface area contributed by atoms with Crippen LogP contribution in [0.2, 0.25) is 0 Å². The molecule has 0 aromatic carbocycles. The summed E-state index contributed by atoms with van der Waals surface area (Å²) < 4.78 is 5.91. The number of Topliss-reactive ketones (excluding diaryl/α,β-unsaturated/α-hetero) is 1. The van der Waals surface area contributed by atoms with E-state index < -0.39 is 5.72 Å². The van der Waals surface area contributed by atoms with E-state index in [4.69, 9.17) is 4.74 Å². The highest BCUT2D eigenvalue weighted by atomic mass is 16.6. The lowest BCUT2D eigenvalue weighted by Crippen LogP contribution is -2.46. The van der Waals surface area contributed by atoms with E-state index in [0.717, 1.165) is 56.3 Å². The molecule has 108 valence electrons. The Balaban J connectivity index is 1.86. The number of esters is 1. The Bertz CT molecular complexity index is 524. The smallest absolute Gasteiger partial charge is 0.336 e. The second-order valence-electron chi connectivity index (χ2n) is 6.76. The molecule has 0 radical (unpaired) electrons. The van der Waals surface area contributed by atoms with E-state index in [1.54, 1.807) is 0 Å². The topological polar surface area (TPSA) is 46.6 Å². The van der Waals surface area contributed by atoms with Gasteiger partial charge in [0.05, 0.1) is 0 Å². The Labute approximate surface area is 119 Å². The third kappa shape index (κ3) is 1.51. The van der Waals surface area contributed by atoms with Gasteiger partial charge in [-0.25, -0.2) is 4.79 Å². The van der Waals surface area contributed by atoms with E-state index in [2.05, 4.69) is 11.8 Å². The van der Waals surface area contributed by atoms with Crippen molar-refractivity contribution in [2.75, 3.05) is 13.1 Å². The molecule has 2 saturated heterocycles. The molecule has 0 aromatic rings. The molecule has 0 N–H and O–H groups in total. The van der Waals surface area contributed by atoms with Gasteiger partial charge in [0.15, 0.2) is 5.72 Å². The fourth-order valence-electron chi connectivity index (χ4n) is 4.74. The second kappa shape index (κ2) is 4.17. The third-order valence-corrected chi connectivity index (χ3v) is 5.62. The fourth-order valence-corrected chi connectivity index (χ4v) is 4.74. The largest absolute Gasteiger partial charge is 0.436 e. The number of ether oxygens (including phenoxy) is 1. The Hall–Kier alpha value is -1.16. The standard InChI is InChI=1S/C16H21NO3/c1-10-8-11-9-12-14(10)15(19)20-16(12)5-3-7-17(16)6-2-4-13(11)18/h10-11H,2-9H2,1H3/t10-,11-,16-/m1/s1. The minimum Gasteiger partial charge on any atom is -0.436 e. The first kappa shape index (κ1) is 12.6. The van der Waals surface area contributed by atoms with Crippen LogP contribution < -0.4 is 0 Å². The molecule has 1 aliphatic carbocycles. The molecule has 2 fully saturated rings. The maximum absolute atomic E-state index is 12.3. The lowest BCUT2D eigenvalue weighted by Gasteiger charge is -2.37. The first-order valence-corrected chi connectivity index (χ1v) is 7.86. The average Bonchev–Trinajstić information content (AvgIpc) is 2.93. The van der Waals surface area contributed by atoms with Gasteiger partial charge in [0.1, 0.15) is 5.78 Å². The quantitative estimate of drug-likeness (QED) is 0.635. The van der Waals surface area contributed by atoms with Gasteiger partial charge in [0, 0.05) is 37.4 Å². The molecule has 1 spiro atoms. The summed E-state index contributed by atoms with van der Waals surface area (Å²) >= 11 is 0. The molecule has 20 heavy (non-hydrogen) atoms. The summed E-state index contributed by atoms with van der Waals surface area (Å²) in [6, 6.07) is 0. The minimum atomic E-state index is -0.482. The van der Waals surface area contributed by atoms with E-state index in [-0.39, 0.29) is 17.8 Å². The van der Waals surface area contributed by atoms with Gasteiger partial charge in [-0.1, -0.05) is 6.92 Å². The maximum Gasteiger partial charge on any atom is 0.336 e. The number of nitrogens with zero attached hydrogens (tertiary/aromatic N) is 1.